The molecule has 4 rings (SSSR count). The van der Waals surface area contributed by atoms with Crippen molar-refractivity contribution < 1.29 is 18.9 Å². The van der Waals surface area contributed by atoms with Crippen LogP contribution in [0.4, 0.5) is 11.4 Å². The Hall–Kier alpha value is -4.27. The molecule has 9 heteroatoms. The summed E-state index contributed by atoms with van der Waals surface area (Å²) in [6.45, 7) is 6.21. The molecule has 2 aromatic carbocycles. The molecule has 0 unspecified atom stereocenters. The van der Waals surface area contributed by atoms with Gasteiger partial charge in [0.1, 0.15) is 5.76 Å². The molecule has 1 aliphatic carbocycles. The number of anilines is 1. The molecular formula is C26H26N4O5. The number of rotatable bonds is 6. The average Bonchev–Trinajstić information content (AvgIpc) is 3.20. The van der Waals surface area contributed by atoms with Crippen LogP contribution in [0, 0.1) is 24.0 Å². The summed E-state index contributed by atoms with van der Waals surface area (Å²) in [5, 5.41) is 15.1. The third-order valence-electron chi connectivity index (χ3n) is 6.03. The first-order valence-corrected chi connectivity index (χ1v) is 11.4. The molecule has 1 heterocycles. The molecule has 0 saturated carbocycles. The van der Waals surface area contributed by atoms with Crippen molar-refractivity contribution in [2.24, 2.45) is 5.10 Å². The van der Waals surface area contributed by atoms with E-state index in [9.17, 15) is 19.7 Å². The van der Waals surface area contributed by atoms with Crippen LogP contribution in [0.5, 0.6) is 0 Å². The number of benzene rings is 2. The van der Waals surface area contributed by atoms with Gasteiger partial charge in [0.2, 0.25) is 0 Å². The molecule has 0 spiro atoms. The fraction of sp³-hybridized carbons (Fsp3) is 0.269. The predicted molar refractivity (Wildman–Crippen MR) is 132 cm³/mol. The SMILES string of the molecule is CCN(C(=O)c1oc2c(c1C)/C(=N/NC(=O)c1ccc([N+](=O)[O-])cc1)CCC2)c1cccc(C)c1. The number of nitrogens with one attached hydrogen (secondary N) is 1. The van der Waals surface area contributed by atoms with Crippen molar-refractivity contribution in [2.45, 2.75) is 40.0 Å². The van der Waals surface area contributed by atoms with Gasteiger partial charge < -0.3 is 9.32 Å². The first kappa shape index (κ1) is 23.9. The zero-order chi connectivity index (χ0) is 25.1. The third-order valence-corrected chi connectivity index (χ3v) is 6.03. The minimum atomic E-state index is -0.523. The number of hydrogen-bond acceptors (Lipinski definition) is 6. The van der Waals surface area contributed by atoms with E-state index in [1.54, 1.807) is 4.90 Å². The standard InChI is InChI=1S/C26H26N4O5/c1-4-29(20-8-5-7-16(2)15-20)26(32)24-17(3)23-21(9-6-10-22(23)35-24)27-28-25(31)18-11-13-19(14-12-18)30(33)34/h5,7-8,11-15H,4,6,9-10H2,1-3H3,(H,28,31)/b27-21+. The second-order valence-electron chi connectivity index (χ2n) is 8.40. The highest BCUT2D eigenvalue weighted by molar-refractivity contribution is 6.10. The Kier molecular flexibility index (Phi) is 6.77. The lowest BCUT2D eigenvalue weighted by atomic mass is 9.93. The molecule has 3 aromatic rings. The molecule has 35 heavy (non-hydrogen) atoms. The summed E-state index contributed by atoms with van der Waals surface area (Å²) >= 11 is 0. The number of carbonyl (C=O) groups is 2. The summed E-state index contributed by atoms with van der Waals surface area (Å²) in [6, 6.07) is 13.0. The van der Waals surface area contributed by atoms with E-state index in [4.69, 9.17) is 4.42 Å². The van der Waals surface area contributed by atoms with Gasteiger partial charge in [-0.3, -0.25) is 19.7 Å². The summed E-state index contributed by atoms with van der Waals surface area (Å²) in [4.78, 5) is 37.9. The second-order valence-corrected chi connectivity index (χ2v) is 8.40. The zero-order valence-electron chi connectivity index (χ0n) is 19.8. The van der Waals surface area contributed by atoms with Crippen LogP contribution in [0.3, 0.4) is 0 Å². The van der Waals surface area contributed by atoms with Crippen LogP contribution in [0.15, 0.2) is 58.0 Å². The first-order valence-electron chi connectivity index (χ1n) is 11.4. The smallest absolute Gasteiger partial charge is 0.294 e. The van der Waals surface area contributed by atoms with Gasteiger partial charge in [0.25, 0.3) is 17.5 Å². The minimum Gasteiger partial charge on any atom is -0.455 e. The zero-order valence-corrected chi connectivity index (χ0v) is 19.8. The number of hydrogen-bond donors (Lipinski definition) is 1. The number of hydrazone groups is 1. The number of nitro groups is 1. The van der Waals surface area contributed by atoms with Gasteiger partial charge in [-0.2, -0.15) is 5.10 Å². The highest BCUT2D eigenvalue weighted by atomic mass is 16.6. The maximum atomic E-state index is 13.4. The Balaban J connectivity index is 1.59. The number of amides is 2. The van der Waals surface area contributed by atoms with Gasteiger partial charge in [0, 0.05) is 47.5 Å². The Morgan fingerprint density at radius 1 is 1.14 bits per heavy atom. The van der Waals surface area contributed by atoms with Crippen molar-refractivity contribution in [3.05, 3.63) is 92.4 Å². The quantitative estimate of drug-likeness (QED) is 0.401. The summed E-state index contributed by atoms with van der Waals surface area (Å²) < 4.78 is 6.04. The maximum absolute atomic E-state index is 13.4. The van der Waals surface area contributed by atoms with E-state index in [1.165, 1.54) is 24.3 Å². The van der Waals surface area contributed by atoms with Crippen LogP contribution in [0.1, 0.15) is 63.1 Å². The van der Waals surface area contributed by atoms with E-state index in [2.05, 4.69) is 10.5 Å². The number of nitro benzene ring substituents is 1. The van der Waals surface area contributed by atoms with Gasteiger partial charge in [-0.1, -0.05) is 12.1 Å². The number of non-ortho nitro benzene ring substituents is 1. The number of furan rings is 1. The molecule has 2 amide bonds. The van der Waals surface area contributed by atoms with Gasteiger partial charge in [-0.25, -0.2) is 5.43 Å². The van der Waals surface area contributed by atoms with Crippen LogP contribution >= 0.6 is 0 Å². The van der Waals surface area contributed by atoms with Gasteiger partial charge >= 0.3 is 0 Å². The van der Waals surface area contributed by atoms with Gasteiger partial charge in [0.15, 0.2) is 5.76 Å². The lowest BCUT2D eigenvalue weighted by molar-refractivity contribution is -0.384. The van der Waals surface area contributed by atoms with Gasteiger partial charge in [-0.15, -0.1) is 0 Å². The first-order chi connectivity index (χ1) is 16.8. The second kappa shape index (κ2) is 9.92. The van der Waals surface area contributed by atoms with E-state index in [0.29, 0.717) is 36.4 Å². The molecule has 9 nitrogen and oxygen atoms in total. The average molecular weight is 475 g/mol. The number of carbonyl (C=O) groups excluding carboxylic acids is 2. The fourth-order valence-electron chi connectivity index (χ4n) is 4.26. The monoisotopic (exact) mass is 474 g/mol. The van der Waals surface area contributed by atoms with Crippen LogP contribution in [0.2, 0.25) is 0 Å². The molecule has 1 N–H and O–H groups in total. The van der Waals surface area contributed by atoms with Crippen LogP contribution in [-0.2, 0) is 6.42 Å². The molecule has 0 atom stereocenters. The largest absolute Gasteiger partial charge is 0.455 e. The van der Waals surface area contributed by atoms with Gasteiger partial charge in [0.05, 0.1) is 10.6 Å². The van der Waals surface area contributed by atoms with Crippen molar-refractivity contribution in [3.63, 3.8) is 0 Å². The van der Waals surface area contributed by atoms with E-state index >= 15 is 0 Å². The van der Waals surface area contributed by atoms with Crippen molar-refractivity contribution >= 4 is 28.9 Å². The Labute approximate surface area is 202 Å². The summed E-state index contributed by atoms with van der Waals surface area (Å²) in [6.07, 6.45) is 2.07. The van der Waals surface area contributed by atoms with Crippen molar-refractivity contribution in [1.29, 1.82) is 0 Å². The summed E-state index contributed by atoms with van der Waals surface area (Å²) in [5.74, 6) is 0.253. The molecule has 0 aliphatic heterocycles. The molecule has 180 valence electrons. The summed E-state index contributed by atoms with van der Waals surface area (Å²) in [7, 11) is 0. The summed E-state index contributed by atoms with van der Waals surface area (Å²) in [5.41, 5.74) is 6.64. The van der Waals surface area contributed by atoms with Crippen molar-refractivity contribution in [1.82, 2.24) is 5.43 Å². The van der Waals surface area contributed by atoms with Crippen molar-refractivity contribution in [2.75, 3.05) is 11.4 Å². The molecule has 0 fully saturated rings. The van der Waals surface area contributed by atoms with Crippen LogP contribution < -0.4 is 10.3 Å². The predicted octanol–water partition coefficient (Wildman–Crippen LogP) is 4.94. The molecular weight excluding hydrogens is 448 g/mol. The van der Waals surface area contributed by atoms with E-state index in [0.717, 1.165) is 23.2 Å². The lowest BCUT2D eigenvalue weighted by Gasteiger charge is -2.20. The topological polar surface area (TPSA) is 118 Å². The highest BCUT2D eigenvalue weighted by Crippen LogP contribution is 2.31. The Morgan fingerprint density at radius 3 is 2.54 bits per heavy atom. The Bertz CT molecular complexity index is 1320. The molecule has 1 aromatic heterocycles. The Morgan fingerprint density at radius 2 is 1.89 bits per heavy atom. The third kappa shape index (κ3) is 4.84. The molecule has 1 aliphatic rings. The molecule has 0 saturated heterocycles. The van der Waals surface area contributed by atoms with Gasteiger partial charge in [-0.05, 0) is 63.4 Å². The normalized spacial score (nSPS) is 13.9. The fourth-order valence-corrected chi connectivity index (χ4v) is 4.26. The van der Waals surface area contributed by atoms with Crippen LogP contribution in [0.25, 0.3) is 0 Å². The number of fused-ring (bicyclic) bond motifs is 1. The van der Waals surface area contributed by atoms with E-state index in [-0.39, 0.29) is 22.9 Å². The maximum Gasteiger partial charge on any atom is 0.294 e. The van der Waals surface area contributed by atoms with Crippen molar-refractivity contribution in [3.8, 4) is 0 Å². The molecule has 0 bridgehead atoms. The lowest BCUT2D eigenvalue weighted by Crippen LogP contribution is -2.31. The van der Waals surface area contributed by atoms with E-state index < -0.39 is 10.8 Å². The number of nitrogens with zero attached hydrogens (tertiary/aromatic N) is 3. The van der Waals surface area contributed by atoms with Crippen LogP contribution in [-0.4, -0.2) is 29.0 Å². The minimum absolute atomic E-state index is 0.0946. The molecule has 0 radical (unpaired) electrons. The highest BCUT2D eigenvalue weighted by Gasteiger charge is 2.30. The number of aryl methyl sites for hydroxylation is 2. The van der Waals surface area contributed by atoms with E-state index in [1.807, 2.05) is 45.0 Å².